The molecule has 0 amide bonds. The Morgan fingerprint density at radius 2 is 1.09 bits per heavy atom. The monoisotopic (exact) mass is 719 g/mol. The lowest BCUT2D eigenvalue weighted by Gasteiger charge is -2.13. The van der Waals surface area contributed by atoms with Crippen LogP contribution in [0, 0.1) is 0 Å². The zero-order valence-electron chi connectivity index (χ0n) is 29.4. The second-order valence-corrected chi connectivity index (χ2v) is 15.2. The van der Waals surface area contributed by atoms with Crippen LogP contribution in [-0.2, 0) is 0 Å². The first kappa shape index (κ1) is 30.4. The number of nitrogens with zero attached hydrogens (tertiary/aromatic N) is 3. The molecular weight excluding hydrogens is 691 g/mol. The third-order valence-corrected chi connectivity index (χ3v) is 12.1. The van der Waals surface area contributed by atoms with Crippen molar-refractivity contribution in [2.75, 3.05) is 0 Å². The molecule has 4 nitrogen and oxygen atoms in total. The number of hydrogen-bond acceptors (Lipinski definition) is 4. The molecule has 12 aromatic rings. The number of rotatable bonds is 4. The van der Waals surface area contributed by atoms with Gasteiger partial charge in [-0.3, -0.25) is 4.57 Å². The minimum atomic E-state index is 0.605. The lowest BCUT2D eigenvalue weighted by molar-refractivity contribution is 0.666. The summed E-state index contributed by atoms with van der Waals surface area (Å²) in [7, 11) is 0. The Labute approximate surface area is 319 Å². The van der Waals surface area contributed by atoms with Gasteiger partial charge in [0.25, 0.3) is 0 Å². The molecule has 0 aliphatic rings. The normalized spacial score (nSPS) is 12.0. The lowest BCUT2D eigenvalue weighted by atomic mass is 9.95. The smallest absolute Gasteiger partial charge is 0.236 e. The quantitative estimate of drug-likeness (QED) is 0.182. The molecule has 0 atom stereocenters. The maximum atomic E-state index is 6.68. The first-order valence-electron chi connectivity index (χ1n) is 18.5. The number of hydrogen-bond donors (Lipinski definition) is 0. The van der Waals surface area contributed by atoms with Crippen LogP contribution in [0.2, 0.25) is 0 Å². The van der Waals surface area contributed by atoms with E-state index in [2.05, 4.69) is 162 Å². The second kappa shape index (κ2) is 11.7. The van der Waals surface area contributed by atoms with E-state index < -0.39 is 0 Å². The summed E-state index contributed by atoms with van der Waals surface area (Å²) in [6.45, 7) is 0. The number of aromatic nitrogens is 3. The Balaban J connectivity index is 1.20. The third-order valence-electron chi connectivity index (χ3n) is 11.0. The van der Waals surface area contributed by atoms with Crippen LogP contribution in [0.5, 0.6) is 0 Å². The largest absolute Gasteiger partial charge is 0.452 e. The Morgan fingerprint density at radius 1 is 0.436 bits per heavy atom. The van der Waals surface area contributed by atoms with E-state index in [0.29, 0.717) is 11.5 Å². The van der Waals surface area contributed by atoms with Crippen molar-refractivity contribution in [3.8, 4) is 39.5 Å². The fourth-order valence-electron chi connectivity index (χ4n) is 8.46. The third kappa shape index (κ3) is 4.64. The summed E-state index contributed by atoms with van der Waals surface area (Å²) in [5, 5.41) is 8.31. The number of fused-ring (bicyclic) bond motifs is 11. The van der Waals surface area contributed by atoms with Gasteiger partial charge in [0.2, 0.25) is 5.95 Å². The van der Waals surface area contributed by atoms with E-state index in [1.54, 1.807) is 0 Å². The molecule has 0 saturated heterocycles. The van der Waals surface area contributed by atoms with Crippen molar-refractivity contribution < 1.29 is 4.42 Å². The van der Waals surface area contributed by atoms with Crippen molar-refractivity contribution in [1.29, 1.82) is 0 Å². The second-order valence-electron chi connectivity index (χ2n) is 14.2. The van der Waals surface area contributed by atoms with Crippen molar-refractivity contribution >= 4 is 86.2 Å². The maximum Gasteiger partial charge on any atom is 0.236 e. The molecule has 4 heterocycles. The van der Waals surface area contributed by atoms with Crippen LogP contribution in [0.3, 0.4) is 0 Å². The van der Waals surface area contributed by atoms with Gasteiger partial charge in [-0.05, 0) is 93.7 Å². The van der Waals surface area contributed by atoms with Crippen molar-refractivity contribution in [2.24, 2.45) is 0 Å². The molecule has 0 bridgehead atoms. The van der Waals surface area contributed by atoms with Gasteiger partial charge < -0.3 is 4.42 Å². The van der Waals surface area contributed by atoms with Gasteiger partial charge in [0.05, 0.1) is 11.0 Å². The Hall–Kier alpha value is -7.08. The number of furan rings is 1. The molecule has 8 aromatic carbocycles. The van der Waals surface area contributed by atoms with Gasteiger partial charge in [0.15, 0.2) is 5.58 Å². The SMILES string of the molecule is c1ccc(-c2cc(-c3ccccc3)cc(-c3nc(-n4c5ccccc5c5cc6ccc7sc8ccccc8c7c6cc54)nc4c3oc3ccccc34)c2)cc1. The van der Waals surface area contributed by atoms with E-state index in [4.69, 9.17) is 14.4 Å². The Morgan fingerprint density at radius 3 is 1.87 bits per heavy atom. The highest BCUT2D eigenvalue weighted by atomic mass is 32.1. The average molecular weight is 720 g/mol. The molecule has 0 radical (unpaired) electrons. The topological polar surface area (TPSA) is 43.9 Å². The first-order chi connectivity index (χ1) is 27.2. The van der Waals surface area contributed by atoms with E-state index >= 15 is 0 Å². The molecule has 12 rings (SSSR count). The molecule has 0 fully saturated rings. The molecule has 55 heavy (non-hydrogen) atoms. The van der Waals surface area contributed by atoms with E-state index in [0.717, 1.165) is 66.4 Å². The molecule has 0 saturated carbocycles. The van der Waals surface area contributed by atoms with E-state index in [1.165, 1.54) is 36.3 Å². The predicted octanol–water partition coefficient (Wildman–Crippen LogP) is 14.0. The lowest BCUT2D eigenvalue weighted by Crippen LogP contribution is -2.03. The molecule has 0 aliphatic heterocycles. The van der Waals surface area contributed by atoms with Gasteiger partial charge in [-0.1, -0.05) is 115 Å². The average Bonchev–Trinajstić information content (AvgIpc) is 3.92. The minimum absolute atomic E-state index is 0.605. The van der Waals surface area contributed by atoms with Crippen LogP contribution >= 0.6 is 11.3 Å². The summed E-state index contributed by atoms with van der Waals surface area (Å²) in [6.07, 6.45) is 0. The van der Waals surface area contributed by atoms with E-state index in [1.807, 2.05) is 29.5 Å². The molecule has 4 aromatic heterocycles. The van der Waals surface area contributed by atoms with Gasteiger partial charge in [0.1, 0.15) is 16.8 Å². The van der Waals surface area contributed by atoms with Crippen LogP contribution in [0.15, 0.2) is 180 Å². The van der Waals surface area contributed by atoms with Crippen molar-refractivity contribution in [1.82, 2.24) is 14.5 Å². The fraction of sp³-hybridized carbons (Fsp3) is 0. The van der Waals surface area contributed by atoms with Crippen LogP contribution in [0.1, 0.15) is 0 Å². The van der Waals surface area contributed by atoms with Crippen molar-refractivity contribution in [3.05, 3.63) is 176 Å². The Kier molecular flexibility index (Phi) is 6.47. The summed E-state index contributed by atoms with van der Waals surface area (Å²) in [6, 6.07) is 62.6. The zero-order chi connectivity index (χ0) is 36.0. The van der Waals surface area contributed by atoms with Crippen molar-refractivity contribution in [2.45, 2.75) is 0 Å². The predicted molar refractivity (Wildman–Crippen MR) is 230 cm³/mol. The highest BCUT2D eigenvalue weighted by Crippen LogP contribution is 2.43. The summed E-state index contributed by atoms with van der Waals surface area (Å²) in [5.41, 5.74) is 10.6. The van der Waals surface area contributed by atoms with Crippen molar-refractivity contribution in [3.63, 3.8) is 0 Å². The zero-order valence-corrected chi connectivity index (χ0v) is 30.2. The molecule has 0 aliphatic carbocycles. The highest BCUT2D eigenvalue weighted by Gasteiger charge is 2.23. The van der Waals surface area contributed by atoms with E-state index in [-0.39, 0.29) is 0 Å². The van der Waals surface area contributed by atoms with Gasteiger partial charge in [-0.2, -0.15) is 0 Å². The summed E-state index contributed by atoms with van der Waals surface area (Å²) in [5.74, 6) is 0.605. The van der Waals surface area contributed by atoms with Crippen LogP contribution in [0.25, 0.3) is 114 Å². The summed E-state index contributed by atoms with van der Waals surface area (Å²) < 4.78 is 11.5. The van der Waals surface area contributed by atoms with E-state index in [9.17, 15) is 0 Å². The van der Waals surface area contributed by atoms with Crippen LogP contribution in [0.4, 0.5) is 0 Å². The van der Waals surface area contributed by atoms with Gasteiger partial charge in [-0.15, -0.1) is 11.3 Å². The van der Waals surface area contributed by atoms with Crippen LogP contribution in [-0.4, -0.2) is 14.5 Å². The summed E-state index contributed by atoms with van der Waals surface area (Å²) in [4.78, 5) is 10.9. The Bertz CT molecular complexity index is 3430. The van der Waals surface area contributed by atoms with Crippen LogP contribution < -0.4 is 0 Å². The summed E-state index contributed by atoms with van der Waals surface area (Å²) >= 11 is 1.85. The van der Waals surface area contributed by atoms with Gasteiger partial charge in [-0.25, -0.2) is 9.97 Å². The first-order valence-corrected chi connectivity index (χ1v) is 19.3. The molecule has 0 spiro atoms. The standard InChI is InChI=1S/C50H29N3OS/c1-3-13-30(14-4-1)33-25-34(31-15-5-2-6-16-31)27-35(26-33)47-49-48(37-18-8-11-21-43(37)54-49)52-50(51-47)53-41-20-10-7-17-36(41)40-28-32-23-24-45-46(39(32)29-42(40)53)38-19-9-12-22-44(38)55-45/h1-29H. The van der Waals surface area contributed by atoms with Gasteiger partial charge in [0, 0.05) is 41.9 Å². The maximum absolute atomic E-state index is 6.68. The number of para-hydroxylation sites is 2. The van der Waals surface area contributed by atoms with Gasteiger partial charge >= 0.3 is 0 Å². The minimum Gasteiger partial charge on any atom is -0.452 e. The molecule has 5 heteroatoms. The molecule has 256 valence electrons. The molecule has 0 N–H and O–H groups in total. The number of thiophene rings is 1. The highest BCUT2D eigenvalue weighted by molar-refractivity contribution is 7.26. The molecule has 0 unspecified atom stereocenters. The molecular formula is C50H29N3OS. The fourth-order valence-corrected chi connectivity index (χ4v) is 9.58. The number of benzene rings is 8.